The Bertz CT molecular complexity index is 456. The van der Waals surface area contributed by atoms with Crippen molar-refractivity contribution in [2.75, 3.05) is 5.32 Å². The second-order valence-electron chi connectivity index (χ2n) is 4.79. The lowest BCUT2D eigenvalue weighted by molar-refractivity contribution is 0.774. The van der Waals surface area contributed by atoms with Crippen LogP contribution in [0, 0.1) is 19.8 Å². The van der Waals surface area contributed by atoms with Gasteiger partial charge in [-0.3, -0.25) is 4.98 Å². The first-order valence-electron chi connectivity index (χ1n) is 6.07. The lowest BCUT2D eigenvalue weighted by Crippen LogP contribution is -2.17. The van der Waals surface area contributed by atoms with E-state index in [2.05, 4.69) is 17.2 Å². The molecule has 1 fully saturated rings. The van der Waals surface area contributed by atoms with E-state index < -0.39 is 0 Å². The average molecular weight is 249 g/mol. The second kappa shape index (κ2) is 4.61. The Kier molecular flexibility index (Phi) is 3.33. The minimum atomic E-state index is 0.422. The van der Waals surface area contributed by atoms with Crippen LogP contribution in [0.1, 0.15) is 36.7 Å². The van der Waals surface area contributed by atoms with Gasteiger partial charge in [-0.1, -0.05) is 25.6 Å². The van der Waals surface area contributed by atoms with E-state index in [9.17, 15) is 0 Å². The third-order valence-electron chi connectivity index (χ3n) is 3.36. The molecule has 92 valence electrons. The van der Waals surface area contributed by atoms with E-state index in [1.807, 2.05) is 19.9 Å². The van der Waals surface area contributed by atoms with Crippen molar-refractivity contribution in [2.45, 2.75) is 39.7 Å². The van der Waals surface area contributed by atoms with E-state index >= 15 is 0 Å². The van der Waals surface area contributed by atoms with E-state index in [0.29, 0.717) is 11.0 Å². The average Bonchev–Trinajstić information content (AvgIpc) is 2.94. The first kappa shape index (κ1) is 12.3. The first-order chi connectivity index (χ1) is 8.02. The number of hydrogen-bond donors (Lipinski definition) is 2. The maximum atomic E-state index is 5.78. The third kappa shape index (κ3) is 2.57. The van der Waals surface area contributed by atoms with E-state index in [4.69, 9.17) is 18.0 Å². The van der Waals surface area contributed by atoms with Gasteiger partial charge >= 0.3 is 0 Å². The number of nitrogens with one attached hydrogen (secondary N) is 1. The maximum Gasteiger partial charge on any atom is 0.107 e. The fourth-order valence-electron chi connectivity index (χ4n) is 2.33. The molecule has 1 heterocycles. The Labute approximate surface area is 108 Å². The highest BCUT2D eigenvalue weighted by Crippen LogP contribution is 2.37. The van der Waals surface area contributed by atoms with Crippen molar-refractivity contribution in [2.24, 2.45) is 11.7 Å². The molecule has 2 atom stereocenters. The van der Waals surface area contributed by atoms with Gasteiger partial charge in [0, 0.05) is 23.1 Å². The molecule has 0 aromatic carbocycles. The molecule has 4 heteroatoms. The molecule has 0 saturated heterocycles. The molecule has 1 aliphatic rings. The van der Waals surface area contributed by atoms with E-state index in [-0.39, 0.29) is 0 Å². The van der Waals surface area contributed by atoms with Crippen molar-refractivity contribution < 1.29 is 0 Å². The number of thiocarbonyl (C=S) groups is 1. The predicted octanol–water partition coefficient (Wildman–Crippen LogP) is 2.54. The van der Waals surface area contributed by atoms with Crippen LogP contribution in [0.25, 0.3) is 0 Å². The molecule has 3 nitrogen and oxygen atoms in total. The summed E-state index contributed by atoms with van der Waals surface area (Å²) in [6.45, 7) is 6.17. The van der Waals surface area contributed by atoms with E-state index in [1.165, 1.54) is 12.8 Å². The normalized spacial score (nSPS) is 22.3. The van der Waals surface area contributed by atoms with Crippen molar-refractivity contribution in [3.63, 3.8) is 0 Å². The van der Waals surface area contributed by atoms with Crippen molar-refractivity contribution in [3.8, 4) is 0 Å². The zero-order chi connectivity index (χ0) is 12.6. The highest BCUT2D eigenvalue weighted by Gasteiger charge is 2.35. The Morgan fingerprint density at radius 1 is 1.59 bits per heavy atom. The molecule has 2 unspecified atom stereocenters. The number of nitrogens with two attached hydrogens (primary N) is 1. The highest BCUT2D eigenvalue weighted by molar-refractivity contribution is 7.80. The molecule has 3 N–H and O–H groups in total. The number of hydrogen-bond acceptors (Lipinski definition) is 3. The summed E-state index contributed by atoms with van der Waals surface area (Å²) in [6, 6.07) is 2.61. The van der Waals surface area contributed by atoms with Gasteiger partial charge in [-0.15, -0.1) is 0 Å². The quantitative estimate of drug-likeness (QED) is 0.805. The van der Waals surface area contributed by atoms with Gasteiger partial charge in [0.15, 0.2) is 0 Å². The molecule has 0 radical (unpaired) electrons. The fourth-order valence-corrected chi connectivity index (χ4v) is 2.59. The van der Waals surface area contributed by atoms with Crippen molar-refractivity contribution in [3.05, 3.63) is 23.0 Å². The molecule has 17 heavy (non-hydrogen) atoms. The summed E-state index contributed by atoms with van der Waals surface area (Å²) in [4.78, 5) is 4.84. The molecule has 0 bridgehead atoms. The topological polar surface area (TPSA) is 50.9 Å². The van der Waals surface area contributed by atoms with E-state index in [1.54, 1.807) is 0 Å². The minimum Gasteiger partial charge on any atom is -0.389 e. The van der Waals surface area contributed by atoms with Crippen LogP contribution < -0.4 is 11.1 Å². The van der Waals surface area contributed by atoms with E-state index in [0.717, 1.165) is 28.6 Å². The number of rotatable bonds is 4. The lowest BCUT2D eigenvalue weighted by atomic mass is 10.1. The summed E-state index contributed by atoms with van der Waals surface area (Å²) in [5, 5.41) is 3.54. The molecule has 0 aliphatic heterocycles. The summed E-state index contributed by atoms with van der Waals surface area (Å²) in [6.07, 6.45) is 2.47. The third-order valence-corrected chi connectivity index (χ3v) is 3.57. The maximum absolute atomic E-state index is 5.78. The van der Waals surface area contributed by atoms with Crippen LogP contribution in [0.4, 0.5) is 5.69 Å². The van der Waals surface area contributed by atoms with Gasteiger partial charge < -0.3 is 11.1 Å². The SMILES string of the molecule is CCC1CC1Nc1cc(C)nc(C)c1C(N)=S. The molecule has 0 amide bonds. The summed E-state index contributed by atoms with van der Waals surface area (Å²) < 4.78 is 0. The van der Waals surface area contributed by atoms with Crippen molar-refractivity contribution in [1.82, 2.24) is 4.98 Å². The minimum absolute atomic E-state index is 0.422. The largest absolute Gasteiger partial charge is 0.389 e. The van der Waals surface area contributed by atoms with Crippen LogP contribution in [0.5, 0.6) is 0 Å². The predicted molar refractivity (Wildman–Crippen MR) is 75.4 cm³/mol. The Morgan fingerprint density at radius 2 is 2.29 bits per heavy atom. The van der Waals surface area contributed by atoms with Crippen molar-refractivity contribution in [1.29, 1.82) is 0 Å². The Hall–Kier alpha value is -1.16. The second-order valence-corrected chi connectivity index (χ2v) is 5.23. The van der Waals surface area contributed by atoms with Crippen molar-refractivity contribution >= 4 is 22.9 Å². The molecule has 1 aliphatic carbocycles. The van der Waals surface area contributed by atoms with Crippen LogP contribution in [0.15, 0.2) is 6.07 Å². The van der Waals surface area contributed by atoms with Gasteiger partial charge in [0.05, 0.1) is 5.56 Å². The molecule has 0 spiro atoms. The zero-order valence-corrected chi connectivity index (χ0v) is 11.4. The summed E-state index contributed by atoms with van der Waals surface area (Å²) >= 11 is 5.11. The summed E-state index contributed by atoms with van der Waals surface area (Å²) in [5.74, 6) is 0.794. The Morgan fingerprint density at radius 3 is 2.82 bits per heavy atom. The fraction of sp³-hybridized carbons (Fsp3) is 0.538. The van der Waals surface area contributed by atoms with Gasteiger partial charge in [0.25, 0.3) is 0 Å². The van der Waals surface area contributed by atoms with Gasteiger partial charge in [-0.2, -0.15) is 0 Å². The molecule has 1 saturated carbocycles. The van der Waals surface area contributed by atoms with Crippen LogP contribution in [0.3, 0.4) is 0 Å². The molecular weight excluding hydrogens is 230 g/mol. The van der Waals surface area contributed by atoms with Crippen LogP contribution in [-0.2, 0) is 0 Å². The van der Waals surface area contributed by atoms with Crippen LogP contribution >= 0.6 is 12.2 Å². The molecule has 1 aromatic heterocycles. The Balaban J connectivity index is 2.28. The lowest BCUT2D eigenvalue weighted by Gasteiger charge is -2.14. The highest BCUT2D eigenvalue weighted by atomic mass is 32.1. The number of nitrogens with zero attached hydrogens (tertiary/aromatic N) is 1. The molecule has 2 rings (SSSR count). The molecular formula is C13H19N3S. The number of anilines is 1. The monoisotopic (exact) mass is 249 g/mol. The van der Waals surface area contributed by atoms with Crippen LogP contribution in [0.2, 0.25) is 0 Å². The summed E-state index contributed by atoms with van der Waals surface area (Å²) in [7, 11) is 0. The van der Waals surface area contributed by atoms with Gasteiger partial charge in [0.2, 0.25) is 0 Å². The first-order valence-corrected chi connectivity index (χ1v) is 6.48. The van der Waals surface area contributed by atoms with Gasteiger partial charge in [-0.25, -0.2) is 0 Å². The standard InChI is InChI=1S/C13H19N3S/c1-4-9-6-10(9)16-11-5-7(2)15-8(3)12(11)13(14)17/h5,9-10H,4,6H2,1-3H3,(H2,14,17)(H,15,16). The molecule has 1 aromatic rings. The van der Waals surface area contributed by atoms with Gasteiger partial charge in [0.1, 0.15) is 4.99 Å². The van der Waals surface area contributed by atoms with Gasteiger partial charge in [-0.05, 0) is 32.3 Å². The zero-order valence-electron chi connectivity index (χ0n) is 10.6. The number of aryl methyl sites for hydroxylation is 2. The number of pyridine rings is 1. The smallest absolute Gasteiger partial charge is 0.107 e. The summed E-state index contributed by atoms with van der Waals surface area (Å²) in [5.41, 5.74) is 9.63. The number of aromatic nitrogens is 1. The van der Waals surface area contributed by atoms with Crippen LogP contribution in [-0.4, -0.2) is 16.0 Å².